The minimum absolute atomic E-state index is 1.17. The van der Waals surface area contributed by atoms with Gasteiger partial charge in [0, 0.05) is 24.5 Å². The fourth-order valence-electron chi connectivity index (χ4n) is 1.68. The molecule has 0 saturated carbocycles. The number of hydrogen-bond acceptors (Lipinski definition) is 2. The van der Waals surface area contributed by atoms with Crippen molar-refractivity contribution in [2.24, 2.45) is 0 Å². The van der Waals surface area contributed by atoms with E-state index >= 15 is 0 Å². The number of benzene rings is 1. The second-order valence-electron chi connectivity index (χ2n) is 3.87. The Kier molecular flexibility index (Phi) is 7.15. The average Bonchev–Trinajstić information content (AvgIpc) is 2.35. The molecule has 0 unspecified atom stereocenters. The van der Waals surface area contributed by atoms with Crippen molar-refractivity contribution in [2.45, 2.75) is 26.7 Å². The monoisotopic (exact) mass is 237 g/mol. The minimum atomic E-state index is 1.17. The van der Waals surface area contributed by atoms with Crippen LogP contribution in [0.25, 0.3) is 0 Å². The second kappa shape index (κ2) is 8.51. The predicted octanol–water partition coefficient (Wildman–Crippen LogP) is 4.05. The summed E-state index contributed by atoms with van der Waals surface area (Å²) < 4.78 is 0. The molecule has 2 heteroatoms. The number of para-hydroxylation sites is 1. The summed E-state index contributed by atoms with van der Waals surface area (Å²) in [5.74, 6) is 2.45. The van der Waals surface area contributed by atoms with E-state index in [0.29, 0.717) is 0 Å². The lowest BCUT2D eigenvalue weighted by molar-refractivity contribution is 0.734. The summed E-state index contributed by atoms with van der Waals surface area (Å²) in [5, 5.41) is 0. The second-order valence-corrected chi connectivity index (χ2v) is 5.27. The summed E-state index contributed by atoms with van der Waals surface area (Å²) in [5.41, 5.74) is 1.37. The zero-order valence-corrected chi connectivity index (χ0v) is 11.3. The molecule has 0 aliphatic rings. The van der Waals surface area contributed by atoms with Crippen LogP contribution in [0, 0.1) is 0 Å². The molecule has 1 aromatic rings. The van der Waals surface area contributed by atoms with E-state index in [9.17, 15) is 0 Å². The SMILES string of the molecule is CCCCN(CCSCC)c1ccccc1. The van der Waals surface area contributed by atoms with Gasteiger partial charge in [-0.05, 0) is 24.3 Å². The summed E-state index contributed by atoms with van der Waals surface area (Å²) in [4.78, 5) is 2.51. The molecule has 0 heterocycles. The lowest BCUT2D eigenvalue weighted by Crippen LogP contribution is -2.26. The van der Waals surface area contributed by atoms with Crippen LogP contribution in [0.5, 0.6) is 0 Å². The number of anilines is 1. The van der Waals surface area contributed by atoms with Gasteiger partial charge in [-0.25, -0.2) is 0 Å². The van der Waals surface area contributed by atoms with Crippen LogP contribution in [0.15, 0.2) is 30.3 Å². The fourth-order valence-corrected chi connectivity index (χ4v) is 2.32. The van der Waals surface area contributed by atoms with Crippen LogP contribution in [0.3, 0.4) is 0 Å². The Morgan fingerprint density at radius 2 is 1.81 bits per heavy atom. The number of unbranched alkanes of at least 4 members (excludes halogenated alkanes) is 1. The van der Waals surface area contributed by atoms with E-state index in [0.717, 1.165) is 0 Å². The number of nitrogens with zero attached hydrogens (tertiary/aromatic N) is 1. The molecule has 1 rings (SSSR count). The highest BCUT2D eigenvalue weighted by Gasteiger charge is 2.04. The van der Waals surface area contributed by atoms with E-state index in [1.807, 2.05) is 11.8 Å². The van der Waals surface area contributed by atoms with Crippen LogP contribution >= 0.6 is 11.8 Å². The van der Waals surface area contributed by atoms with Gasteiger partial charge in [-0.1, -0.05) is 38.5 Å². The maximum absolute atomic E-state index is 2.51. The third-order valence-electron chi connectivity index (χ3n) is 2.61. The van der Waals surface area contributed by atoms with Crippen molar-refractivity contribution in [3.63, 3.8) is 0 Å². The zero-order valence-electron chi connectivity index (χ0n) is 10.5. The number of thioether (sulfide) groups is 1. The normalized spacial score (nSPS) is 10.4. The maximum atomic E-state index is 2.51. The highest BCUT2D eigenvalue weighted by molar-refractivity contribution is 7.99. The first-order valence-electron chi connectivity index (χ1n) is 6.26. The first kappa shape index (κ1) is 13.4. The number of hydrogen-bond donors (Lipinski definition) is 0. The van der Waals surface area contributed by atoms with Crippen LogP contribution in [-0.4, -0.2) is 24.6 Å². The van der Waals surface area contributed by atoms with Gasteiger partial charge in [0.15, 0.2) is 0 Å². The minimum Gasteiger partial charge on any atom is -0.371 e. The van der Waals surface area contributed by atoms with Crippen molar-refractivity contribution in [3.05, 3.63) is 30.3 Å². The van der Waals surface area contributed by atoms with E-state index < -0.39 is 0 Å². The molecule has 0 saturated heterocycles. The van der Waals surface area contributed by atoms with Crippen molar-refractivity contribution >= 4 is 17.4 Å². The molecule has 0 N–H and O–H groups in total. The molecular weight excluding hydrogens is 214 g/mol. The van der Waals surface area contributed by atoms with Crippen molar-refractivity contribution in [1.29, 1.82) is 0 Å². The molecular formula is C14H23NS. The summed E-state index contributed by atoms with van der Waals surface area (Å²) in [6.45, 7) is 6.83. The Morgan fingerprint density at radius 3 is 2.44 bits per heavy atom. The Labute approximate surface area is 104 Å². The maximum Gasteiger partial charge on any atom is 0.0366 e. The molecule has 1 aromatic carbocycles. The van der Waals surface area contributed by atoms with E-state index in [1.54, 1.807) is 0 Å². The van der Waals surface area contributed by atoms with Crippen LogP contribution in [0.4, 0.5) is 5.69 Å². The quantitative estimate of drug-likeness (QED) is 0.628. The fraction of sp³-hybridized carbons (Fsp3) is 0.571. The van der Waals surface area contributed by atoms with Gasteiger partial charge in [-0.2, -0.15) is 11.8 Å². The van der Waals surface area contributed by atoms with Crippen LogP contribution in [0.1, 0.15) is 26.7 Å². The molecule has 0 aliphatic heterocycles. The molecule has 1 nitrogen and oxygen atoms in total. The summed E-state index contributed by atoms with van der Waals surface area (Å²) in [7, 11) is 0. The lowest BCUT2D eigenvalue weighted by Gasteiger charge is -2.24. The van der Waals surface area contributed by atoms with Crippen LogP contribution in [-0.2, 0) is 0 Å². The van der Waals surface area contributed by atoms with Gasteiger partial charge in [-0.15, -0.1) is 0 Å². The van der Waals surface area contributed by atoms with Gasteiger partial charge < -0.3 is 4.90 Å². The van der Waals surface area contributed by atoms with Crippen molar-refractivity contribution in [1.82, 2.24) is 0 Å². The average molecular weight is 237 g/mol. The summed E-state index contributed by atoms with van der Waals surface area (Å²) in [6, 6.07) is 10.8. The first-order valence-corrected chi connectivity index (χ1v) is 7.41. The Bertz CT molecular complexity index is 261. The van der Waals surface area contributed by atoms with Gasteiger partial charge in [0.25, 0.3) is 0 Å². The molecule has 0 atom stereocenters. The summed E-state index contributed by atoms with van der Waals surface area (Å²) >= 11 is 2.02. The van der Waals surface area contributed by atoms with Crippen LogP contribution in [0.2, 0.25) is 0 Å². The Balaban J connectivity index is 2.49. The van der Waals surface area contributed by atoms with E-state index in [-0.39, 0.29) is 0 Å². The third-order valence-corrected chi connectivity index (χ3v) is 3.49. The summed E-state index contributed by atoms with van der Waals surface area (Å²) in [6.07, 6.45) is 2.55. The number of rotatable bonds is 8. The van der Waals surface area contributed by atoms with E-state index in [4.69, 9.17) is 0 Å². The standard InChI is InChI=1S/C14H23NS/c1-3-5-11-15(12-13-16-4-2)14-9-7-6-8-10-14/h6-10H,3-5,11-13H2,1-2H3. The third kappa shape index (κ3) is 4.93. The van der Waals surface area contributed by atoms with Gasteiger partial charge in [0.05, 0.1) is 0 Å². The molecule has 0 amide bonds. The highest BCUT2D eigenvalue weighted by atomic mass is 32.2. The van der Waals surface area contributed by atoms with Crippen LogP contribution < -0.4 is 4.90 Å². The largest absolute Gasteiger partial charge is 0.371 e. The molecule has 0 fully saturated rings. The highest BCUT2D eigenvalue weighted by Crippen LogP contribution is 2.15. The smallest absolute Gasteiger partial charge is 0.0366 e. The van der Waals surface area contributed by atoms with Crippen molar-refractivity contribution in [3.8, 4) is 0 Å². The topological polar surface area (TPSA) is 3.24 Å². The van der Waals surface area contributed by atoms with E-state index in [1.165, 1.54) is 43.1 Å². The lowest BCUT2D eigenvalue weighted by atomic mass is 10.2. The molecule has 0 aliphatic carbocycles. The molecule has 0 spiro atoms. The van der Waals surface area contributed by atoms with Gasteiger partial charge in [0.1, 0.15) is 0 Å². The molecule has 0 bridgehead atoms. The Hall–Kier alpha value is -0.630. The Morgan fingerprint density at radius 1 is 1.06 bits per heavy atom. The van der Waals surface area contributed by atoms with Gasteiger partial charge in [-0.3, -0.25) is 0 Å². The first-order chi connectivity index (χ1) is 7.88. The van der Waals surface area contributed by atoms with Crippen molar-refractivity contribution < 1.29 is 0 Å². The predicted molar refractivity (Wildman–Crippen MR) is 76.6 cm³/mol. The molecule has 0 radical (unpaired) electrons. The van der Waals surface area contributed by atoms with Gasteiger partial charge >= 0.3 is 0 Å². The van der Waals surface area contributed by atoms with Crippen molar-refractivity contribution in [2.75, 3.05) is 29.5 Å². The molecule has 90 valence electrons. The molecule has 16 heavy (non-hydrogen) atoms. The zero-order chi connectivity index (χ0) is 11.6. The molecule has 0 aromatic heterocycles. The van der Waals surface area contributed by atoms with E-state index in [2.05, 4.69) is 49.1 Å². The van der Waals surface area contributed by atoms with Gasteiger partial charge in [0.2, 0.25) is 0 Å².